The third-order valence-corrected chi connectivity index (χ3v) is 7.81. The highest BCUT2D eigenvalue weighted by Crippen LogP contribution is 2.20. The lowest BCUT2D eigenvalue weighted by atomic mass is 10.0. The van der Waals surface area contributed by atoms with Crippen LogP contribution in [0.3, 0.4) is 0 Å². The minimum absolute atomic E-state index is 0.00986. The molecule has 1 aromatic heterocycles. The molecule has 10 heteroatoms. The average Bonchev–Trinajstić information content (AvgIpc) is 2.86. The standard InChI is InChI=1S/C26H31FN4O4S/c1-36(2,35)15-5-8-24(32)30-11-13-31(14-12-30)26(34)21-16-18(9-10-22(21)27)17-23-19-6-3-4-7-20(19)25(33)29-28-23/h3-4,6-7,9-10,16,36H,5,8,11-15,17H2,1-2H3,(H,29,33). The molecule has 2 heterocycles. The first-order valence-corrected chi connectivity index (χ1v) is 14.8. The van der Waals surface area contributed by atoms with Crippen LogP contribution in [0, 0.1) is 5.82 Å². The number of nitrogens with one attached hydrogen (secondary N) is 1. The van der Waals surface area contributed by atoms with Crippen molar-refractivity contribution in [3.8, 4) is 0 Å². The molecule has 0 radical (unpaired) electrons. The van der Waals surface area contributed by atoms with Crippen molar-refractivity contribution in [1.82, 2.24) is 20.0 Å². The van der Waals surface area contributed by atoms with Crippen molar-refractivity contribution in [1.29, 1.82) is 0 Å². The lowest BCUT2D eigenvalue weighted by Gasteiger charge is -2.35. The number of carbonyl (C=O) groups is 2. The van der Waals surface area contributed by atoms with Gasteiger partial charge in [0.2, 0.25) is 5.91 Å². The van der Waals surface area contributed by atoms with Crippen LogP contribution in [-0.4, -0.2) is 80.5 Å². The molecule has 192 valence electrons. The highest BCUT2D eigenvalue weighted by molar-refractivity contribution is 8.01. The normalized spacial score (nSPS) is 14.8. The smallest absolute Gasteiger partial charge is 0.272 e. The minimum Gasteiger partial charge on any atom is -0.339 e. The first-order chi connectivity index (χ1) is 17.1. The molecule has 2 aromatic carbocycles. The molecule has 1 aliphatic rings. The Hall–Kier alpha value is -3.40. The maximum atomic E-state index is 14.7. The van der Waals surface area contributed by atoms with Crippen LogP contribution in [0.15, 0.2) is 47.3 Å². The molecule has 0 unspecified atom stereocenters. The maximum absolute atomic E-state index is 14.7. The summed E-state index contributed by atoms with van der Waals surface area (Å²) in [6.07, 6.45) is 4.68. The van der Waals surface area contributed by atoms with E-state index in [0.29, 0.717) is 73.2 Å². The molecule has 1 saturated heterocycles. The van der Waals surface area contributed by atoms with Gasteiger partial charge in [-0.1, -0.05) is 24.3 Å². The van der Waals surface area contributed by atoms with Gasteiger partial charge in [0.1, 0.15) is 5.82 Å². The fourth-order valence-corrected chi connectivity index (χ4v) is 5.36. The zero-order valence-corrected chi connectivity index (χ0v) is 21.4. The zero-order chi connectivity index (χ0) is 25.9. The summed E-state index contributed by atoms with van der Waals surface area (Å²) in [5.41, 5.74) is 1.02. The average molecular weight is 515 g/mol. The quantitative estimate of drug-likeness (QED) is 0.470. The number of halogens is 1. The lowest BCUT2D eigenvalue weighted by Crippen LogP contribution is -2.50. The predicted octanol–water partition coefficient (Wildman–Crippen LogP) is 1.99. The van der Waals surface area contributed by atoms with Gasteiger partial charge in [0, 0.05) is 50.2 Å². The summed E-state index contributed by atoms with van der Waals surface area (Å²) in [6.45, 7) is 1.41. The Morgan fingerprint density at radius 3 is 2.39 bits per heavy atom. The van der Waals surface area contributed by atoms with Crippen LogP contribution in [0.4, 0.5) is 4.39 Å². The Balaban J connectivity index is 1.42. The second-order valence-corrected chi connectivity index (χ2v) is 13.2. The van der Waals surface area contributed by atoms with Crippen LogP contribution < -0.4 is 5.56 Å². The van der Waals surface area contributed by atoms with Crippen LogP contribution in [0.5, 0.6) is 0 Å². The van der Waals surface area contributed by atoms with Gasteiger partial charge in [0.05, 0.1) is 16.6 Å². The Bertz CT molecular complexity index is 1390. The van der Waals surface area contributed by atoms with E-state index in [1.807, 2.05) is 12.1 Å². The van der Waals surface area contributed by atoms with E-state index < -0.39 is 21.7 Å². The van der Waals surface area contributed by atoms with Crippen LogP contribution >= 0.6 is 0 Å². The molecular formula is C26H31FN4O4S. The number of benzene rings is 2. The van der Waals surface area contributed by atoms with Gasteiger partial charge in [0.25, 0.3) is 11.5 Å². The molecule has 0 bridgehead atoms. The Morgan fingerprint density at radius 2 is 1.69 bits per heavy atom. The third kappa shape index (κ3) is 6.04. The number of aromatic amines is 1. The van der Waals surface area contributed by atoms with Crippen molar-refractivity contribution < 1.29 is 18.2 Å². The number of H-pyrrole nitrogens is 1. The van der Waals surface area contributed by atoms with Crippen LogP contribution in [0.25, 0.3) is 10.8 Å². The number of fused-ring (bicyclic) bond motifs is 1. The highest BCUT2D eigenvalue weighted by Gasteiger charge is 2.26. The van der Waals surface area contributed by atoms with E-state index in [1.54, 1.807) is 40.5 Å². The number of carbonyl (C=O) groups excluding carboxylic acids is 2. The zero-order valence-electron chi connectivity index (χ0n) is 20.5. The van der Waals surface area contributed by atoms with E-state index in [-0.39, 0.29) is 17.0 Å². The van der Waals surface area contributed by atoms with Crippen LogP contribution in [-0.2, 0) is 21.1 Å². The first-order valence-electron chi connectivity index (χ1n) is 12.0. The Kier molecular flexibility index (Phi) is 7.63. The second-order valence-electron chi connectivity index (χ2n) is 9.61. The Labute approximate surface area is 209 Å². The summed E-state index contributed by atoms with van der Waals surface area (Å²) >= 11 is 0. The monoisotopic (exact) mass is 514 g/mol. The largest absolute Gasteiger partial charge is 0.339 e. The van der Waals surface area contributed by atoms with Gasteiger partial charge in [0.15, 0.2) is 0 Å². The number of amides is 2. The van der Waals surface area contributed by atoms with Crippen molar-refractivity contribution in [2.75, 3.05) is 44.4 Å². The number of nitrogens with zero attached hydrogens (tertiary/aromatic N) is 3. The van der Waals surface area contributed by atoms with Crippen molar-refractivity contribution in [3.63, 3.8) is 0 Å². The molecule has 4 rings (SSSR count). The molecule has 0 saturated carbocycles. The summed E-state index contributed by atoms with van der Waals surface area (Å²) in [7, 11) is -2.14. The van der Waals surface area contributed by atoms with E-state index in [0.717, 1.165) is 0 Å². The molecule has 1 N–H and O–H groups in total. The highest BCUT2D eigenvalue weighted by atomic mass is 32.2. The summed E-state index contributed by atoms with van der Waals surface area (Å²) in [4.78, 5) is 40.9. The number of rotatable bonds is 7. The molecule has 8 nitrogen and oxygen atoms in total. The predicted molar refractivity (Wildman–Crippen MR) is 140 cm³/mol. The Morgan fingerprint density at radius 1 is 1.03 bits per heavy atom. The van der Waals surface area contributed by atoms with E-state index in [2.05, 4.69) is 10.2 Å². The number of piperazine rings is 1. The van der Waals surface area contributed by atoms with Gasteiger partial charge in [-0.05, 0) is 42.7 Å². The summed E-state index contributed by atoms with van der Waals surface area (Å²) < 4.78 is 26.5. The fraction of sp³-hybridized carbons (Fsp3) is 0.385. The molecule has 0 atom stereocenters. The molecule has 1 fully saturated rings. The molecule has 0 aliphatic carbocycles. The fourth-order valence-electron chi connectivity index (χ4n) is 4.44. The summed E-state index contributed by atoms with van der Waals surface area (Å²) in [5, 5.41) is 7.89. The van der Waals surface area contributed by atoms with Crippen molar-refractivity contribution >= 4 is 32.5 Å². The molecule has 1 aliphatic heterocycles. The van der Waals surface area contributed by atoms with E-state index >= 15 is 0 Å². The summed E-state index contributed by atoms with van der Waals surface area (Å²) in [5.74, 6) is -0.495. The van der Waals surface area contributed by atoms with Gasteiger partial charge in [-0.2, -0.15) is 5.10 Å². The lowest BCUT2D eigenvalue weighted by molar-refractivity contribution is -0.132. The van der Waals surface area contributed by atoms with Crippen LogP contribution in [0.1, 0.15) is 34.5 Å². The number of hydrogen-bond acceptors (Lipinski definition) is 5. The number of thiol groups is 1. The van der Waals surface area contributed by atoms with Gasteiger partial charge < -0.3 is 9.80 Å². The molecular weight excluding hydrogens is 483 g/mol. The van der Waals surface area contributed by atoms with Gasteiger partial charge in [-0.3, -0.25) is 18.6 Å². The van der Waals surface area contributed by atoms with E-state index in [4.69, 9.17) is 0 Å². The molecule has 0 spiro atoms. The van der Waals surface area contributed by atoms with Gasteiger partial charge in [-0.15, -0.1) is 9.93 Å². The minimum atomic E-state index is -2.14. The third-order valence-electron chi connectivity index (χ3n) is 6.41. The van der Waals surface area contributed by atoms with Crippen molar-refractivity contribution in [2.45, 2.75) is 19.3 Å². The number of hydrogen-bond donors (Lipinski definition) is 2. The van der Waals surface area contributed by atoms with Crippen LogP contribution in [0.2, 0.25) is 0 Å². The topological polar surface area (TPSA) is 103 Å². The molecule has 2 amide bonds. The first kappa shape index (κ1) is 25.7. The van der Waals surface area contributed by atoms with Gasteiger partial charge >= 0.3 is 0 Å². The van der Waals surface area contributed by atoms with E-state index in [9.17, 15) is 23.0 Å². The van der Waals surface area contributed by atoms with Crippen molar-refractivity contribution in [3.05, 3.63) is 75.5 Å². The van der Waals surface area contributed by atoms with Crippen molar-refractivity contribution in [2.24, 2.45) is 0 Å². The second kappa shape index (κ2) is 10.7. The van der Waals surface area contributed by atoms with E-state index in [1.165, 1.54) is 12.1 Å². The molecule has 36 heavy (non-hydrogen) atoms. The number of aromatic nitrogens is 2. The summed E-state index contributed by atoms with van der Waals surface area (Å²) in [6, 6.07) is 11.5. The molecule has 3 aromatic rings. The maximum Gasteiger partial charge on any atom is 0.272 e. The SMILES string of the molecule is C[SH](C)(=O)CCCC(=O)N1CCN(C(=O)c2cc(Cc3n[nH]c(=O)c4ccccc34)ccc2F)CC1. The van der Waals surface area contributed by atoms with Gasteiger partial charge in [-0.25, -0.2) is 9.49 Å².